The van der Waals surface area contributed by atoms with Gasteiger partial charge in [0.25, 0.3) is 0 Å². The number of hydrogen-bond donors (Lipinski definition) is 0. The highest BCUT2D eigenvalue weighted by atomic mass is 16.6. The van der Waals surface area contributed by atoms with Gasteiger partial charge in [-0.2, -0.15) is 0 Å². The van der Waals surface area contributed by atoms with E-state index in [1.165, 1.54) is 116 Å². The van der Waals surface area contributed by atoms with E-state index in [1.54, 1.807) is 0 Å². The molecule has 0 amide bonds. The molecule has 0 saturated carbocycles. The van der Waals surface area contributed by atoms with Gasteiger partial charge in [-0.1, -0.05) is 294 Å². The summed E-state index contributed by atoms with van der Waals surface area (Å²) in [4.78, 5) is 38.1. The first kappa shape index (κ1) is 78.0. The predicted octanol–water partition coefficient (Wildman–Crippen LogP) is 23.7. The van der Waals surface area contributed by atoms with Gasteiger partial charge in [-0.3, -0.25) is 14.4 Å². The van der Waals surface area contributed by atoms with Crippen molar-refractivity contribution in [2.75, 3.05) is 13.2 Å². The summed E-state index contributed by atoms with van der Waals surface area (Å²) < 4.78 is 16.8. The van der Waals surface area contributed by atoms with Gasteiger partial charge in [0.2, 0.25) is 0 Å². The van der Waals surface area contributed by atoms with Crippen molar-refractivity contribution in [2.24, 2.45) is 0 Å². The number of unbranched alkanes of at least 4 members (excludes halogenated alkanes) is 23. The lowest BCUT2D eigenvalue weighted by Gasteiger charge is -2.18. The van der Waals surface area contributed by atoms with Crippen molar-refractivity contribution in [3.8, 4) is 0 Å². The quantitative estimate of drug-likeness (QED) is 0.0261. The molecule has 6 nitrogen and oxygen atoms in total. The summed E-state index contributed by atoms with van der Waals surface area (Å²) in [6, 6.07) is 0. The number of carbonyl (C=O) groups is 3. The van der Waals surface area contributed by atoms with E-state index in [-0.39, 0.29) is 31.1 Å². The lowest BCUT2D eigenvalue weighted by Crippen LogP contribution is -2.30. The number of carbonyl (C=O) groups excluding carboxylic acids is 3. The third-order valence-corrected chi connectivity index (χ3v) is 14.0. The summed E-state index contributed by atoms with van der Waals surface area (Å²) >= 11 is 0. The normalized spacial score (nSPS) is 13.1. The highest BCUT2D eigenvalue weighted by Crippen LogP contribution is 2.15. The molecule has 468 valence electrons. The van der Waals surface area contributed by atoms with Crippen molar-refractivity contribution >= 4 is 17.9 Å². The maximum absolute atomic E-state index is 12.9. The van der Waals surface area contributed by atoms with Gasteiger partial charge >= 0.3 is 17.9 Å². The monoisotopic (exact) mass is 1140 g/mol. The molecule has 0 aliphatic carbocycles. The maximum Gasteiger partial charge on any atom is 0.306 e. The van der Waals surface area contributed by atoms with Crippen LogP contribution in [0.1, 0.15) is 290 Å². The molecule has 1 atom stereocenters. The first-order valence-electron chi connectivity index (χ1n) is 34.0. The topological polar surface area (TPSA) is 78.9 Å². The fraction of sp³-hybridized carbons (Fsp3) is 0.623. The molecule has 1 unspecified atom stereocenters. The van der Waals surface area contributed by atoms with Crippen molar-refractivity contribution in [3.05, 3.63) is 158 Å². The van der Waals surface area contributed by atoms with Crippen LogP contribution in [-0.4, -0.2) is 37.2 Å². The van der Waals surface area contributed by atoms with Crippen LogP contribution in [0.3, 0.4) is 0 Å². The van der Waals surface area contributed by atoms with Crippen molar-refractivity contribution in [3.63, 3.8) is 0 Å². The lowest BCUT2D eigenvalue weighted by molar-refractivity contribution is -0.167. The summed E-state index contributed by atoms with van der Waals surface area (Å²) in [6.07, 6.45) is 101. The van der Waals surface area contributed by atoms with Gasteiger partial charge in [-0.15, -0.1) is 0 Å². The Morgan fingerprint density at radius 2 is 0.470 bits per heavy atom. The second-order valence-corrected chi connectivity index (χ2v) is 22.0. The van der Waals surface area contributed by atoms with Crippen LogP contribution in [-0.2, 0) is 28.6 Å². The maximum atomic E-state index is 12.9. The molecular weight excluding hydrogens is 1020 g/mol. The van der Waals surface area contributed by atoms with E-state index < -0.39 is 6.10 Å². The minimum Gasteiger partial charge on any atom is -0.462 e. The van der Waals surface area contributed by atoms with Crippen LogP contribution in [0.25, 0.3) is 0 Å². The lowest BCUT2D eigenvalue weighted by atomic mass is 10.0. The molecule has 0 spiro atoms. The van der Waals surface area contributed by atoms with Crippen molar-refractivity contribution in [2.45, 2.75) is 297 Å². The second-order valence-electron chi connectivity index (χ2n) is 22.0. The Morgan fingerprint density at radius 3 is 0.759 bits per heavy atom. The van der Waals surface area contributed by atoms with Crippen LogP contribution in [0.15, 0.2) is 158 Å². The first-order chi connectivity index (χ1) is 41.0. The van der Waals surface area contributed by atoms with Gasteiger partial charge in [0, 0.05) is 19.3 Å². The fourth-order valence-electron chi connectivity index (χ4n) is 8.95. The molecule has 0 radical (unpaired) electrons. The number of rotatable bonds is 60. The summed E-state index contributed by atoms with van der Waals surface area (Å²) in [6.45, 7) is 6.43. The Hall–Kier alpha value is -4.97. The molecule has 0 saturated heterocycles. The van der Waals surface area contributed by atoms with Gasteiger partial charge in [0.1, 0.15) is 13.2 Å². The Labute approximate surface area is 511 Å². The molecule has 0 rings (SSSR count). The minimum atomic E-state index is -0.803. The number of hydrogen-bond acceptors (Lipinski definition) is 6. The second kappa shape index (κ2) is 69.5. The Kier molecular flexibility index (Phi) is 65.4. The average molecular weight is 1150 g/mol. The van der Waals surface area contributed by atoms with Gasteiger partial charge in [0.15, 0.2) is 6.10 Å². The largest absolute Gasteiger partial charge is 0.462 e. The molecule has 0 aromatic heterocycles. The van der Waals surface area contributed by atoms with Crippen molar-refractivity contribution in [1.82, 2.24) is 0 Å². The van der Waals surface area contributed by atoms with Crippen LogP contribution in [0.5, 0.6) is 0 Å². The predicted molar refractivity (Wildman–Crippen MR) is 362 cm³/mol. The minimum absolute atomic E-state index is 0.0977. The van der Waals surface area contributed by atoms with E-state index in [4.69, 9.17) is 14.2 Å². The fourth-order valence-corrected chi connectivity index (χ4v) is 8.95. The Balaban J connectivity index is 4.25. The summed E-state index contributed by atoms with van der Waals surface area (Å²) in [7, 11) is 0. The molecular formula is C77H124O6. The highest BCUT2D eigenvalue weighted by molar-refractivity contribution is 5.71. The van der Waals surface area contributed by atoms with Crippen LogP contribution in [0, 0.1) is 0 Å². The average Bonchev–Trinajstić information content (AvgIpc) is 3.50. The van der Waals surface area contributed by atoms with Crippen molar-refractivity contribution < 1.29 is 28.6 Å². The molecule has 0 heterocycles. The SMILES string of the molecule is CC/C=C\C/C=C\C/C=C\C/C=C\C/C=C\C/C=C\C/C=C\C/C=C\C/C=C\C/C=C\CCCCC(=O)OCC(COC(=O)CCCCCCCCC)OC(=O)CCCCCCCCCCCC/C=C\C/C=C\C/C=C\CCCCCCC. The summed E-state index contributed by atoms with van der Waals surface area (Å²) in [5.41, 5.74) is 0. The Bertz CT molecular complexity index is 1840. The van der Waals surface area contributed by atoms with Crippen LogP contribution < -0.4 is 0 Å². The standard InChI is InChI=1S/C77H124O6/c1-4-7-10-13-16-18-20-22-24-26-28-30-32-34-35-36-37-38-39-40-41-43-44-46-48-50-52-54-56-58-61-64-67-70-76(79)82-73-74(72-81-75(78)69-66-63-60-15-12-9-6-3)83-77(80)71-68-65-62-59-57-55-53-51-49-47-45-42-33-31-29-27-25-23-21-19-17-14-11-8-5-2/h7,10,16,18,21-24,27-30,33-35,37-38,40-42,44,46,50,52,56,58,74H,4-6,8-9,11-15,17,19-20,25-26,31-32,36,39,43,45,47-49,51,53-55,57,59-73H2,1-3H3/b10-7-,18-16-,23-21-,24-22-,29-27-,30-28-,35-34-,38-37-,41-40-,42-33-,46-44-,52-50-,58-56-. The smallest absolute Gasteiger partial charge is 0.306 e. The van der Waals surface area contributed by atoms with Gasteiger partial charge < -0.3 is 14.2 Å². The third-order valence-electron chi connectivity index (χ3n) is 14.0. The molecule has 0 fully saturated rings. The van der Waals surface area contributed by atoms with E-state index in [0.717, 1.165) is 128 Å². The van der Waals surface area contributed by atoms with E-state index in [2.05, 4.69) is 179 Å². The van der Waals surface area contributed by atoms with E-state index >= 15 is 0 Å². The Morgan fingerprint density at radius 1 is 0.253 bits per heavy atom. The molecule has 0 aromatic carbocycles. The first-order valence-corrected chi connectivity index (χ1v) is 34.0. The van der Waals surface area contributed by atoms with E-state index in [0.29, 0.717) is 25.7 Å². The number of allylic oxidation sites excluding steroid dienone is 26. The van der Waals surface area contributed by atoms with E-state index in [9.17, 15) is 14.4 Å². The van der Waals surface area contributed by atoms with Gasteiger partial charge in [-0.05, 0) is 135 Å². The van der Waals surface area contributed by atoms with Crippen LogP contribution in [0.4, 0.5) is 0 Å². The zero-order valence-electron chi connectivity index (χ0n) is 53.7. The zero-order chi connectivity index (χ0) is 59.9. The summed E-state index contributed by atoms with van der Waals surface area (Å²) in [5, 5.41) is 0. The molecule has 6 heteroatoms. The van der Waals surface area contributed by atoms with Crippen LogP contribution in [0.2, 0.25) is 0 Å². The van der Waals surface area contributed by atoms with Crippen molar-refractivity contribution in [1.29, 1.82) is 0 Å². The van der Waals surface area contributed by atoms with Crippen LogP contribution >= 0.6 is 0 Å². The molecule has 0 aliphatic heterocycles. The molecule has 0 aromatic rings. The molecule has 0 bridgehead atoms. The number of ether oxygens (including phenoxy) is 3. The molecule has 0 N–H and O–H groups in total. The third kappa shape index (κ3) is 67.7. The zero-order valence-corrected chi connectivity index (χ0v) is 53.7. The summed E-state index contributed by atoms with van der Waals surface area (Å²) in [5.74, 6) is -0.955. The molecule has 83 heavy (non-hydrogen) atoms. The molecule has 0 aliphatic rings. The highest BCUT2D eigenvalue weighted by Gasteiger charge is 2.19. The van der Waals surface area contributed by atoms with Gasteiger partial charge in [-0.25, -0.2) is 0 Å². The number of esters is 3. The van der Waals surface area contributed by atoms with Gasteiger partial charge in [0.05, 0.1) is 0 Å². The van der Waals surface area contributed by atoms with E-state index in [1.807, 2.05) is 0 Å².